The minimum absolute atomic E-state index is 0.140. The second kappa shape index (κ2) is 6.18. The summed E-state index contributed by atoms with van der Waals surface area (Å²) in [6.07, 6.45) is 0. The lowest BCUT2D eigenvalue weighted by Gasteiger charge is -2.16. The first kappa shape index (κ1) is 13.4. The van der Waals surface area contributed by atoms with E-state index in [9.17, 15) is 4.79 Å². The molecule has 0 fully saturated rings. The molecule has 0 aliphatic heterocycles. The fourth-order valence-electron chi connectivity index (χ4n) is 1.42. The first-order valence-electron chi connectivity index (χ1n) is 5.11. The van der Waals surface area contributed by atoms with Gasteiger partial charge in [-0.1, -0.05) is 0 Å². The van der Waals surface area contributed by atoms with Crippen molar-refractivity contribution in [3.63, 3.8) is 0 Å². The standard InChI is InChI=1S/C11H12N6O/c1-8-6-9(7-10(15-8)16-14)11(18)17(4-2-12)5-3-13/h6-7H,4-5,14H2,1H3,(H,15,16). The average molecular weight is 244 g/mol. The molecule has 0 aromatic carbocycles. The number of hydrazine groups is 1. The molecule has 7 nitrogen and oxygen atoms in total. The van der Waals surface area contributed by atoms with Crippen molar-refractivity contribution >= 4 is 11.7 Å². The monoisotopic (exact) mass is 244 g/mol. The molecule has 0 radical (unpaired) electrons. The summed E-state index contributed by atoms with van der Waals surface area (Å²) in [4.78, 5) is 17.3. The lowest BCUT2D eigenvalue weighted by Crippen LogP contribution is -2.32. The molecule has 0 aliphatic carbocycles. The van der Waals surface area contributed by atoms with Crippen molar-refractivity contribution in [2.24, 2.45) is 5.84 Å². The maximum atomic E-state index is 12.1. The third-order valence-electron chi connectivity index (χ3n) is 2.16. The Kier molecular flexibility index (Phi) is 4.61. The van der Waals surface area contributed by atoms with Crippen molar-refractivity contribution in [3.8, 4) is 12.1 Å². The topological polar surface area (TPSA) is 119 Å². The Hall–Kier alpha value is -2.64. The molecule has 0 saturated carbocycles. The van der Waals surface area contributed by atoms with Gasteiger partial charge in [-0.2, -0.15) is 10.5 Å². The number of nitriles is 2. The minimum Gasteiger partial charge on any atom is -0.312 e. The lowest BCUT2D eigenvalue weighted by molar-refractivity contribution is 0.0794. The number of anilines is 1. The van der Waals surface area contributed by atoms with E-state index in [1.807, 2.05) is 12.1 Å². The molecule has 0 saturated heterocycles. The number of nitrogens with two attached hydrogens (primary N) is 1. The number of aryl methyl sites for hydroxylation is 1. The van der Waals surface area contributed by atoms with E-state index >= 15 is 0 Å². The number of hydrogen-bond acceptors (Lipinski definition) is 6. The molecule has 3 N–H and O–H groups in total. The van der Waals surface area contributed by atoms with Gasteiger partial charge in [-0.25, -0.2) is 10.8 Å². The fourth-order valence-corrected chi connectivity index (χ4v) is 1.42. The van der Waals surface area contributed by atoms with Crippen LogP contribution in [0.1, 0.15) is 16.1 Å². The summed E-state index contributed by atoms with van der Waals surface area (Å²) in [6.45, 7) is 1.44. The van der Waals surface area contributed by atoms with Gasteiger partial charge in [-0.05, 0) is 19.1 Å². The Morgan fingerprint density at radius 2 is 2.06 bits per heavy atom. The molecule has 0 unspecified atom stereocenters. The summed E-state index contributed by atoms with van der Waals surface area (Å²) in [5.41, 5.74) is 3.30. The van der Waals surface area contributed by atoms with Gasteiger partial charge in [0.05, 0.1) is 12.1 Å². The molecule has 0 atom stereocenters. The Bertz CT molecular complexity index is 511. The van der Waals surface area contributed by atoms with Gasteiger partial charge in [0.2, 0.25) is 0 Å². The van der Waals surface area contributed by atoms with Crippen LogP contribution in [-0.2, 0) is 0 Å². The molecule has 1 rings (SSSR count). The van der Waals surface area contributed by atoms with Crippen LogP contribution in [-0.4, -0.2) is 28.9 Å². The van der Waals surface area contributed by atoms with Gasteiger partial charge in [-0.3, -0.25) is 4.79 Å². The molecule has 1 aromatic heterocycles. The largest absolute Gasteiger partial charge is 0.312 e. The van der Waals surface area contributed by atoms with Gasteiger partial charge in [0.15, 0.2) is 0 Å². The third-order valence-corrected chi connectivity index (χ3v) is 2.16. The number of rotatable bonds is 4. The summed E-state index contributed by atoms with van der Waals surface area (Å²) < 4.78 is 0. The maximum Gasteiger partial charge on any atom is 0.255 e. The highest BCUT2D eigenvalue weighted by Crippen LogP contribution is 2.11. The van der Waals surface area contributed by atoms with Gasteiger partial charge in [-0.15, -0.1) is 0 Å². The molecule has 0 spiro atoms. The highest BCUT2D eigenvalue weighted by Gasteiger charge is 2.16. The zero-order valence-corrected chi connectivity index (χ0v) is 9.84. The Balaban J connectivity index is 3.05. The van der Waals surface area contributed by atoms with Crippen molar-refractivity contribution in [2.75, 3.05) is 18.5 Å². The van der Waals surface area contributed by atoms with Crippen LogP contribution in [0, 0.1) is 29.6 Å². The number of carbonyl (C=O) groups is 1. The predicted molar refractivity (Wildman–Crippen MR) is 63.9 cm³/mol. The molecule has 1 heterocycles. The van der Waals surface area contributed by atoms with Crippen LogP contribution in [0.15, 0.2) is 12.1 Å². The quantitative estimate of drug-likeness (QED) is 0.442. The summed E-state index contributed by atoms with van der Waals surface area (Å²) in [7, 11) is 0. The van der Waals surface area contributed by atoms with Crippen LogP contribution in [0.5, 0.6) is 0 Å². The van der Waals surface area contributed by atoms with E-state index in [1.54, 1.807) is 13.0 Å². The Morgan fingerprint density at radius 1 is 1.44 bits per heavy atom. The van der Waals surface area contributed by atoms with Crippen LogP contribution in [0.4, 0.5) is 5.82 Å². The van der Waals surface area contributed by atoms with E-state index in [1.165, 1.54) is 6.07 Å². The lowest BCUT2D eigenvalue weighted by atomic mass is 10.2. The first-order valence-corrected chi connectivity index (χ1v) is 5.11. The summed E-state index contributed by atoms with van der Waals surface area (Å²) in [6, 6.07) is 6.73. The maximum absolute atomic E-state index is 12.1. The molecule has 7 heteroatoms. The van der Waals surface area contributed by atoms with Crippen LogP contribution >= 0.6 is 0 Å². The third kappa shape index (κ3) is 3.17. The van der Waals surface area contributed by atoms with Gasteiger partial charge >= 0.3 is 0 Å². The predicted octanol–water partition coefficient (Wildman–Crippen LogP) is 0.165. The Morgan fingerprint density at radius 3 is 2.56 bits per heavy atom. The van der Waals surface area contributed by atoms with Gasteiger partial charge in [0, 0.05) is 11.3 Å². The van der Waals surface area contributed by atoms with E-state index in [4.69, 9.17) is 16.4 Å². The Labute approximate surface area is 104 Å². The molecule has 18 heavy (non-hydrogen) atoms. The van der Waals surface area contributed by atoms with Crippen LogP contribution in [0.3, 0.4) is 0 Å². The van der Waals surface area contributed by atoms with Crippen molar-refractivity contribution in [1.82, 2.24) is 9.88 Å². The SMILES string of the molecule is Cc1cc(C(=O)N(CC#N)CC#N)cc(NN)n1. The minimum atomic E-state index is -0.403. The number of amides is 1. The number of nitrogens with one attached hydrogen (secondary N) is 1. The molecular weight excluding hydrogens is 232 g/mol. The van der Waals surface area contributed by atoms with E-state index < -0.39 is 5.91 Å². The molecular formula is C11H12N6O. The van der Waals surface area contributed by atoms with Crippen molar-refractivity contribution in [3.05, 3.63) is 23.4 Å². The van der Waals surface area contributed by atoms with Gasteiger partial charge in [0.1, 0.15) is 18.9 Å². The zero-order valence-electron chi connectivity index (χ0n) is 9.84. The number of nitrogen functional groups attached to an aromatic ring is 1. The second-order valence-electron chi connectivity index (χ2n) is 3.50. The average Bonchev–Trinajstić information content (AvgIpc) is 2.36. The summed E-state index contributed by atoms with van der Waals surface area (Å²) in [5, 5.41) is 17.2. The number of hydrogen-bond donors (Lipinski definition) is 2. The van der Waals surface area contributed by atoms with Gasteiger partial charge < -0.3 is 10.3 Å². The van der Waals surface area contributed by atoms with E-state index in [0.29, 0.717) is 17.1 Å². The number of nitrogens with zero attached hydrogens (tertiary/aromatic N) is 4. The molecule has 0 aliphatic rings. The van der Waals surface area contributed by atoms with Gasteiger partial charge in [0.25, 0.3) is 5.91 Å². The van der Waals surface area contributed by atoms with Crippen LogP contribution in [0.2, 0.25) is 0 Å². The second-order valence-corrected chi connectivity index (χ2v) is 3.50. The molecule has 1 amide bonds. The van der Waals surface area contributed by atoms with Crippen molar-refractivity contribution in [1.29, 1.82) is 10.5 Å². The highest BCUT2D eigenvalue weighted by molar-refractivity contribution is 5.95. The molecule has 1 aromatic rings. The number of carbonyl (C=O) groups excluding carboxylic acids is 1. The zero-order chi connectivity index (χ0) is 13.5. The summed E-state index contributed by atoms with van der Waals surface area (Å²) >= 11 is 0. The number of pyridine rings is 1. The van der Waals surface area contributed by atoms with Crippen LogP contribution < -0.4 is 11.3 Å². The van der Waals surface area contributed by atoms with E-state index in [-0.39, 0.29) is 13.1 Å². The van der Waals surface area contributed by atoms with E-state index in [0.717, 1.165) is 4.90 Å². The number of aromatic nitrogens is 1. The normalized spacial score (nSPS) is 9.11. The fraction of sp³-hybridized carbons (Fsp3) is 0.273. The molecule has 0 bridgehead atoms. The molecule has 92 valence electrons. The first-order chi connectivity index (χ1) is 8.62. The smallest absolute Gasteiger partial charge is 0.255 e. The van der Waals surface area contributed by atoms with E-state index in [2.05, 4.69) is 10.4 Å². The highest BCUT2D eigenvalue weighted by atomic mass is 16.2. The van der Waals surface area contributed by atoms with Crippen molar-refractivity contribution < 1.29 is 4.79 Å². The van der Waals surface area contributed by atoms with Crippen molar-refractivity contribution in [2.45, 2.75) is 6.92 Å². The summed E-state index contributed by atoms with van der Waals surface area (Å²) in [5.74, 6) is 5.19. The van der Waals surface area contributed by atoms with Crippen LogP contribution in [0.25, 0.3) is 0 Å².